The van der Waals surface area contributed by atoms with Gasteiger partial charge in [0.05, 0.1) is 47.9 Å². The van der Waals surface area contributed by atoms with Crippen LogP contribution in [0.2, 0.25) is 5.02 Å². The van der Waals surface area contributed by atoms with Crippen LogP contribution in [-0.4, -0.2) is 35.9 Å². The van der Waals surface area contributed by atoms with Crippen LogP contribution in [0.4, 0.5) is 18.9 Å². The Bertz CT molecular complexity index is 1500. The minimum absolute atomic E-state index is 0.0691. The lowest BCUT2D eigenvalue weighted by molar-refractivity contribution is -0.225. The maximum atomic E-state index is 13.2. The number of anilines is 1. The lowest BCUT2D eigenvalue weighted by Gasteiger charge is -2.32. The molecule has 2 aromatic carbocycles. The number of aromatic nitrogens is 1. The first-order chi connectivity index (χ1) is 20.1. The van der Waals surface area contributed by atoms with Crippen molar-refractivity contribution in [2.75, 3.05) is 18.4 Å². The van der Waals surface area contributed by atoms with Crippen molar-refractivity contribution >= 4 is 35.1 Å². The monoisotopic (exact) mass is 602 g/mol. The van der Waals surface area contributed by atoms with E-state index in [0.717, 1.165) is 17.2 Å². The minimum atomic E-state index is -4.58. The Balaban J connectivity index is 1.29. The molecule has 2 aliphatic heterocycles. The summed E-state index contributed by atoms with van der Waals surface area (Å²) in [4.78, 5) is 41.0. The summed E-state index contributed by atoms with van der Waals surface area (Å²) in [7, 11) is 0. The Morgan fingerprint density at radius 2 is 1.71 bits per heavy atom. The van der Waals surface area contributed by atoms with Gasteiger partial charge in [0.15, 0.2) is 0 Å². The molecule has 0 radical (unpaired) electrons. The number of hydrogen-bond acceptors (Lipinski definition) is 8. The molecule has 1 amide bonds. The van der Waals surface area contributed by atoms with Crippen LogP contribution in [0.1, 0.15) is 51.1 Å². The van der Waals surface area contributed by atoms with Gasteiger partial charge < -0.3 is 25.4 Å². The maximum Gasteiger partial charge on any atom is 0.418 e. The molecule has 42 heavy (non-hydrogen) atoms. The summed E-state index contributed by atoms with van der Waals surface area (Å²) in [5.41, 5.74) is 1.73. The lowest BCUT2D eigenvalue weighted by atomic mass is 9.96. The zero-order valence-electron chi connectivity index (χ0n) is 22.1. The largest absolute Gasteiger partial charge is 0.418 e. The third-order valence-corrected chi connectivity index (χ3v) is 7.28. The summed E-state index contributed by atoms with van der Waals surface area (Å²) in [6, 6.07) is 12.0. The Morgan fingerprint density at radius 3 is 2.40 bits per heavy atom. The Kier molecular flexibility index (Phi) is 8.37. The predicted molar refractivity (Wildman–Crippen MR) is 145 cm³/mol. The smallest absolute Gasteiger partial charge is 0.416 e. The summed E-state index contributed by atoms with van der Waals surface area (Å²) in [6.07, 6.45) is -2.96. The Hall–Kier alpha value is -4.16. The Labute approximate surface area is 243 Å². The highest BCUT2D eigenvalue weighted by molar-refractivity contribution is 6.33. The molecule has 1 spiro atoms. The van der Waals surface area contributed by atoms with Gasteiger partial charge in [0.2, 0.25) is 0 Å². The number of fused-ring (bicyclic) bond motifs is 2. The topological polar surface area (TPSA) is 119 Å². The van der Waals surface area contributed by atoms with Gasteiger partial charge >= 0.3 is 18.1 Å². The highest BCUT2D eigenvalue weighted by Gasteiger charge is 2.46. The quantitative estimate of drug-likeness (QED) is 0.354. The number of alkyl halides is 3. The van der Waals surface area contributed by atoms with Crippen molar-refractivity contribution < 1.29 is 37.0 Å². The van der Waals surface area contributed by atoms with Gasteiger partial charge in [-0.05, 0) is 60.5 Å². The summed E-state index contributed by atoms with van der Waals surface area (Å²) in [5, 5.41) is 9.37. The number of pyridine rings is 1. The van der Waals surface area contributed by atoms with Crippen molar-refractivity contribution in [2.45, 2.75) is 44.3 Å². The van der Waals surface area contributed by atoms with Crippen molar-refractivity contribution in [3.63, 3.8) is 0 Å². The molecule has 0 aliphatic carbocycles. The minimum Gasteiger partial charge on any atom is -0.416 e. The first-order valence-electron chi connectivity index (χ1n) is 13.1. The van der Waals surface area contributed by atoms with Gasteiger partial charge in [-0.25, -0.2) is 0 Å². The second kappa shape index (κ2) is 12.0. The molecule has 3 aromatic rings. The van der Waals surface area contributed by atoms with Crippen LogP contribution in [0.25, 0.3) is 0 Å². The van der Waals surface area contributed by atoms with Crippen LogP contribution in [0.5, 0.6) is 0 Å². The molecule has 220 valence electrons. The third-order valence-electron chi connectivity index (χ3n) is 6.97. The molecule has 0 unspecified atom stereocenters. The summed E-state index contributed by atoms with van der Waals surface area (Å²) < 4.78 is 51.0. The van der Waals surface area contributed by atoms with E-state index in [1.54, 1.807) is 36.4 Å². The molecule has 1 aromatic heterocycles. The SMILES string of the molecule is O=C1CCC(=O)OC2(CNCCc3c2ccc(Cl)c3NCc2ccc(C(=O)NCc3ncccc3C(F)(F)F)cc2)O1. The van der Waals surface area contributed by atoms with Crippen LogP contribution in [-0.2, 0) is 50.5 Å². The van der Waals surface area contributed by atoms with Crippen LogP contribution in [0.15, 0.2) is 54.7 Å². The second-order valence-corrected chi connectivity index (χ2v) is 10.2. The van der Waals surface area contributed by atoms with Crippen LogP contribution >= 0.6 is 11.6 Å². The number of carbonyl (C=O) groups excluding carboxylic acids is 3. The number of ether oxygens (including phenoxy) is 2. The number of nitrogens with one attached hydrogen (secondary N) is 3. The van der Waals surface area contributed by atoms with E-state index in [-0.39, 0.29) is 37.2 Å². The van der Waals surface area contributed by atoms with Gasteiger partial charge in [-0.3, -0.25) is 19.4 Å². The van der Waals surface area contributed by atoms with Gasteiger partial charge in [-0.15, -0.1) is 0 Å². The molecule has 3 heterocycles. The zero-order valence-corrected chi connectivity index (χ0v) is 22.9. The molecule has 2 aliphatic rings. The van der Waals surface area contributed by atoms with E-state index in [1.807, 2.05) is 0 Å². The average Bonchev–Trinajstić information content (AvgIpc) is 3.22. The highest BCUT2D eigenvalue weighted by atomic mass is 35.5. The molecule has 0 saturated carbocycles. The van der Waals surface area contributed by atoms with E-state index in [0.29, 0.717) is 35.8 Å². The number of esters is 2. The Morgan fingerprint density at radius 1 is 1.00 bits per heavy atom. The molecule has 1 saturated heterocycles. The molecular weight excluding hydrogens is 577 g/mol. The molecule has 0 atom stereocenters. The molecule has 3 N–H and O–H groups in total. The molecule has 5 rings (SSSR count). The number of halogens is 4. The maximum absolute atomic E-state index is 13.2. The van der Waals surface area contributed by atoms with Gasteiger partial charge in [-0.2, -0.15) is 13.2 Å². The van der Waals surface area contributed by atoms with Crippen LogP contribution in [0.3, 0.4) is 0 Å². The highest BCUT2D eigenvalue weighted by Crippen LogP contribution is 2.40. The fourth-order valence-corrected chi connectivity index (χ4v) is 5.18. The number of amides is 1. The molecule has 0 bridgehead atoms. The number of rotatable bonds is 6. The summed E-state index contributed by atoms with van der Waals surface area (Å²) in [5.74, 6) is -3.23. The second-order valence-electron chi connectivity index (χ2n) is 9.80. The number of nitrogens with zero attached hydrogens (tertiary/aromatic N) is 1. The van der Waals surface area contributed by atoms with E-state index in [4.69, 9.17) is 21.1 Å². The molecule has 9 nitrogen and oxygen atoms in total. The average molecular weight is 603 g/mol. The lowest BCUT2D eigenvalue weighted by Crippen LogP contribution is -2.43. The van der Waals surface area contributed by atoms with Crippen molar-refractivity contribution in [1.29, 1.82) is 0 Å². The first kappa shape index (κ1) is 29.3. The van der Waals surface area contributed by atoms with Crippen LogP contribution in [0, 0.1) is 0 Å². The molecule has 1 fully saturated rings. The van der Waals surface area contributed by atoms with Crippen molar-refractivity contribution in [2.24, 2.45) is 0 Å². The van der Waals surface area contributed by atoms with E-state index in [2.05, 4.69) is 20.9 Å². The van der Waals surface area contributed by atoms with Crippen molar-refractivity contribution in [3.8, 4) is 0 Å². The zero-order chi connectivity index (χ0) is 29.9. The number of hydrogen-bond donors (Lipinski definition) is 3. The van der Waals surface area contributed by atoms with E-state index in [9.17, 15) is 27.6 Å². The van der Waals surface area contributed by atoms with E-state index >= 15 is 0 Å². The van der Waals surface area contributed by atoms with E-state index in [1.165, 1.54) is 12.3 Å². The standard InChI is InChI=1S/C29H26ClF3N4O5/c30-22-8-7-20-19(11-13-34-16-28(20)41-24(38)9-10-25(39)42-28)26(22)36-14-17-3-5-18(6-4-17)27(40)37-15-23-21(29(31,32)33)2-1-12-35-23/h1-8,12,34,36H,9-11,13-16H2,(H,37,40). The van der Waals surface area contributed by atoms with E-state index < -0.39 is 35.4 Å². The fourth-order valence-electron chi connectivity index (χ4n) is 4.93. The van der Waals surface area contributed by atoms with Gasteiger partial charge in [0.1, 0.15) is 0 Å². The summed E-state index contributed by atoms with van der Waals surface area (Å²) >= 11 is 6.56. The van der Waals surface area contributed by atoms with Gasteiger partial charge in [-0.1, -0.05) is 23.7 Å². The van der Waals surface area contributed by atoms with Crippen molar-refractivity contribution in [3.05, 3.63) is 93.3 Å². The summed E-state index contributed by atoms with van der Waals surface area (Å²) in [6.45, 7) is 0.545. The molecule has 13 heteroatoms. The number of benzene rings is 2. The molecular formula is C29H26ClF3N4O5. The fraction of sp³-hybridized carbons (Fsp3) is 0.310. The van der Waals surface area contributed by atoms with Gasteiger partial charge in [0, 0.05) is 23.9 Å². The first-order valence-corrected chi connectivity index (χ1v) is 13.5. The normalized spacial score (nSPS) is 16.5. The van der Waals surface area contributed by atoms with Gasteiger partial charge in [0.25, 0.3) is 11.7 Å². The third kappa shape index (κ3) is 6.34. The van der Waals surface area contributed by atoms with Crippen molar-refractivity contribution in [1.82, 2.24) is 15.6 Å². The number of carbonyl (C=O) groups is 3. The van der Waals surface area contributed by atoms with Crippen LogP contribution < -0.4 is 16.0 Å². The predicted octanol–water partition coefficient (Wildman–Crippen LogP) is 4.47.